The standard InChI is InChI=1S/C35H27N3O/c39-34-17-5-4-14-31(34)33-16-9-15-32(37-33)28-12-8-13-30(25-28)38(35-18-6-7-23-36-35)29-21-19-27(20-22-29)24-26-10-2-1-3-11-26/h1-23,25,39H,24H2. The molecule has 0 radical (unpaired) electrons. The fraction of sp³-hybridized carbons (Fsp3) is 0.0286. The van der Waals surface area contributed by atoms with Crippen LogP contribution in [0.15, 0.2) is 146 Å². The second-order valence-corrected chi connectivity index (χ2v) is 9.33. The van der Waals surface area contributed by atoms with E-state index >= 15 is 0 Å². The highest BCUT2D eigenvalue weighted by atomic mass is 16.3. The van der Waals surface area contributed by atoms with E-state index in [0.717, 1.165) is 40.6 Å². The number of hydrogen-bond donors (Lipinski definition) is 1. The second kappa shape index (κ2) is 11.0. The first-order chi connectivity index (χ1) is 19.2. The minimum atomic E-state index is 0.216. The third-order valence-electron chi connectivity index (χ3n) is 6.65. The van der Waals surface area contributed by atoms with Gasteiger partial charge in [-0.1, -0.05) is 78.9 Å². The van der Waals surface area contributed by atoms with Gasteiger partial charge >= 0.3 is 0 Å². The number of phenols is 1. The van der Waals surface area contributed by atoms with E-state index in [4.69, 9.17) is 4.98 Å². The fourth-order valence-electron chi connectivity index (χ4n) is 4.73. The van der Waals surface area contributed by atoms with Crippen molar-refractivity contribution in [3.63, 3.8) is 0 Å². The third-order valence-corrected chi connectivity index (χ3v) is 6.65. The summed E-state index contributed by atoms with van der Waals surface area (Å²) in [7, 11) is 0. The topological polar surface area (TPSA) is 49.2 Å². The molecule has 0 spiro atoms. The minimum absolute atomic E-state index is 0.216. The second-order valence-electron chi connectivity index (χ2n) is 9.33. The molecule has 0 amide bonds. The van der Waals surface area contributed by atoms with Crippen molar-refractivity contribution in [2.24, 2.45) is 0 Å². The van der Waals surface area contributed by atoms with Crippen LogP contribution in [0.25, 0.3) is 22.5 Å². The van der Waals surface area contributed by atoms with Crippen LogP contribution >= 0.6 is 0 Å². The van der Waals surface area contributed by atoms with Crippen LogP contribution in [0.4, 0.5) is 17.2 Å². The van der Waals surface area contributed by atoms with Crippen LogP contribution in [0.1, 0.15) is 11.1 Å². The number of para-hydroxylation sites is 1. The Morgan fingerprint density at radius 3 is 2.08 bits per heavy atom. The molecule has 4 heteroatoms. The lowest BCUT2D eigenvalue weighted by atomic mass is 10.0. The molecule has 0 saturated carbocycles. The maximum absolute atomic E-state index is 10.3. The molecule has 0 unspecified atom stereocenters. The summed E-state index contributed by atoms with van der Waals surface area (Å²) in [5, 5.41) is 10.3. The first-order valence-electron chi connectivity index (χ1n) is 12.9. The number of aromatic hydroxyl groups is 1. The summed E-state index contributed by atoms with van der Waals surface area (Å²) in [6.07, 6.45) is 2.70. The van der Waals surface area contributed by atoms with E-state index in [0.29, 0.717) is 5.56 Å². The van der Waals surface area contributed by atoms with Crippen LogP contribution in [0.3, 0.4) is 0 Å². The Kier molecular flexibility index (Phi) is 6.83. The Morgan fingerprint density at radius 1 is 0.564 bits per heavy atom. The molecule has 6 rings (SSSR count). The molecule has 39 heavy (non-hydrogen) atoms. The van der Waals surface area contributed by atoms with Gasteiger partial charge < -0.3 is 5.11 Å². The largest absolute Gasteiger partial charge is 0.507 e. The zero-order valence-electron chi connectivity index (χ0n) is 21.4. The van der Waals surface area contributed by atoms with Crippen LogP contribution in [-0.2, 0) is 6.42 Å². The van der Waals surface area contributed by atoms with E-state index in [1.54, 1.807) is 6.07 Å². The van der Waals surface area contributed by atoms with Gasteiger partial charge in [0, 0.05) is 28.7 Å². The molecule has 0 aliphatic heterocycles. The van der Waals surface area contributed by atoms with E-state index in [-0.39, 0.29) is 5.75 Å². The van der Waals surface area contributed by atoms with Gasteiger partial charge in [-0.15, -0.1) is 0 Å². The molecule has 0 saturated heterocycles. The molecular weight excluding hydrogens is 478 g/mol. The lowest BCUT2D eigenvalue weighted by Gasteiger charge is -2.25. The van der Waals surface area contributed by atoms with E-state index in [1.807, 2.05) is 72.9 Å². The molecule has 4 nitrogen and oxygen atoms in total. The van der Waals surface area contributed by atoms with E-state index in [2.05, 4.69) is 76.6 Å². The van der Waals surface area contributed by atoms with Crippen molar-refractivity contribution in [1.82, 2.24) is 9.97 Å². The van der Waals surface area contributed by atoms with E-state index in [9.17, 15) is 5.11 Å². The maximum Gasteiger partial charge on any atom is 0.137 e. The highest BCUT2D eigenvalue weighted by Crippen LogP contribution is 2.36. The average Bonchev–Trinajstić information content (AvgIpc) is 3.00. The van der Waals surface area contributed by atoms with Crippen LogP contribution < -0.4 is 4.90 Å². The van der Waals surface area contributed by atoms with Gasteiger partial charge in [0.05, 0.1) is 11.4 Å². The van der Waals surface area contributed by atoms with Crippen LogP contribution in [0, 0.1) is 0 Å². The number of anilines is 3. The quantitative estimate of drug-likeness (QED) is 0.236. The van der Waals surface area contributed by atoms with Gasteiger partial charge in [0.15, 0.2) is 0 Å². The Bertz CT molecular complexity index is 1680. The minimum Gasteiger partial charge on any atom is -0.507 e. The van der Waals surface area contributed by atoms with E-state index < -0.39 is 0 Å². The Balaban J connectivity index is 1.36. The lowest BCUT2D eigenvalue weighted by molar-refractivity contribution is 0.477. The summed E-state index contributed by atoms with van der Waals surface area (Å²) < 4.78 is 0. The van der Waals surface area contributed by atoms with Gasteiger partial charge in [0.1, 0.15) is 11.6 Å². The van der Waals surface area contributed by atoms with Crippen molar-refractivity contribution in [2.45, 2.75) is 6.42 Å². The molecule has 6 aromatic rings. The molecule has 188 valence electrons. The van der Waals surface area contributed by atoms with Crippen LogP contribution in [0.5, 0.6) is 5.75 Å². The van der Waals surface area contributed by atoms with Gasteiger partial charge in [-0.05, 0) is 78.2 Å². The predicted octanol–water partition coefficient (Wildman–Crippen LogP) is 8.58. The zero-order valence-corrected chi connectivity index (χ0v) is 21.4. The molecule has 0 bridgehead atoms. The van der Waals surface area contributed by atoms with E-state index in [1.165, 1.54) is 11.1 Å². The number of hydrogen-bond acceptors (Lipinski definition) is 4. The normalized spacial score (nSPS) is 10.8. The van der Waals surface area contributed by atoms with Gasteiger partial charge in [0.25, 0.3) is 0 Å². The summed E-state index contributed by atoms with van der Waals surface area (Å²) in [6.45, 7) is 0. The highest BCUT2D eigenvalue weighted by molar-refractivity contribution is 5.78. The van der Waals surface area contributed by atoms with Crippen molar-refractivity contribution in [3.8, 4) is 28.3 Å². The zero-order chi connectivity index (χ0) is 26.4. The summed E-state index contributed by atoms with van der Waals surface area (Å²) >= 11 is 0. The molecule has 0 aliphatic carbocycles. The lowest BCUT2D eigenvalue weighted by Crippen LogP contribution is -2.11. The molecule has 4 aromatic carbocycles. The van der Waals surface area contributed by atoms with Gasteiger partial charge in [-0.3, -0.25) is 4.90 Å². The van der Waals surface area contributed by atoms with Crippen LogP contribution in [0.2, 0.25) is 0 Å². The summed E-state index contributed by atoms with van der Waals surface area (Å²) in [5.41, 5.74) is 7.80. The van der Waals surface area contributed by atoms with Gasteiger partial charge in [0.2, 0.25) is 0 Å². The van der Waals surface area contributed by atoms with Crippen molar-refractivity contribution >= 4 is 17.2 Å². The predicted molar refractivity (Wildman–Crippen MR) is 158 cm³/mol. The molecule has 2 aromatic heterocycles. The maximum atomic E-state index is 10.3. The Hall–Kier alpha value is -5.22. The van der Waals surface area contributed by atoms with Gasteiger partial charge in [-0.25, -0.2) is 9.97 Å². The number of phenolic OH excluding ortho intramolecular Hbond substituents is 1. The number of pyridine rings is 2. The number of aromatic nitrogens is 2. The summed E-state index contributed by atoms with van der Waals surface area (Å²) in [5.74, 6) is 1.05. The molecule has 0 aliphatic rings. The smallest absolute Gasteiger partial charge is 0.137 e. The fourth-order valence-corrected chi connectivity index (χ4v) is 4.73. The SMILES string of the molecule is Oc1ccccc1-c1cccc(-c2cccc(N(c3ccc(Cc4ccccc4)cc3)c3ccccn3)c2)n1. The molecular formula is C35H27N3O. The molecule has 0 fully saturated rings. The summed E-state index contributed by atoms with van der Waals surface area (Å²) in [4.78, 5) is 11.7. The molecule has 0 atom stereocenters. The van der Waals surface area contributed by atoms with Gasteiger partial charge in [-0.2, -0.15) is 0 Å². The van der Waals surface area contributed by atoms with Crippen LogP contribution in [-0.4, -0.2) is 15.1 Å². The highest BCUT2D eigenvalue weighted by Gasteiger charge is 2.15. The molecule has 1 N–H and O–H groups in total. The van der Waals surface area contributed by atoms with Crippen molar-refractivity contribution in [3.05, 3.63) is 157 Å². The average molecular weight is 506 g/mol. The number of nitrogens with zero attached hydrogens (tertiary/aromatic N) is 3. The summed E-state index contributed by atoms with van der Waals surface area (Å²) in [6, 6.07) is 46.6. The van der Waals surface area contributed by atoms with Crippen molar-refractivity contribution in [1.29, 1.82) is 0 Å². The number of benzene rings is 4. The number of rotatable bonds is 7. The first kappa shape index (κ1) is 24.1. The first-order valence-corrected chi connectivity index (χ1v) is 12.9. The monoisotopic (exact) mass is 505 g/mol. The van der Waals surface area contributed by atoms with Crippen molar-refractivity contribution < 1.29 is 5.11 Å². The Labute approximate surface area is 228 Å². The Morgan fingerprint density at radius 2 is 1.28 bits per heavy atom. The third kappa shape index (κ3) is 5.41. The molecule has 2 heterocycles. The van der Waals surface area contributed by atoms with Crippen molar-refractivity contribution in [2.75, 3.05) is 4.90 Å².